The number of hydrogen-bond donors (Lipinski definition) is 2. The molecule has 0 aromatic heterocycles. The van der Waals surface area contributed by atoms with E-state index in [0.29, 0.717) is 12.8 Å². The van der Waals surface area contributed by atoms with E-state index in [1.807, 2.05) is 0 Å². The van der Waals surface area contributed by atoms with Crippen molar-refractivity contribution in [3.8, 4) is 0 Å². The van der Waals surface area contributed by atoms with Crippen molar-refractivity contribution in [3.05, 3.63) is 71.8 Å². The average molecular weight is 316 g/mol. The first-order valence-corrected chi connectivity index (χ1v) is 8.40. The Morgan fingerprint density at radius 3 is 2.00 bits per heavy atom. The molecule has 0 aliphatic rings. The molecule has 0 radical (unpaired) electrons. The summed E-state index contributed by atoms with van der Waals surface area (Å²) in [6.07, 6.45) is 1.34. The lowest BCUT2D eigenvalue weighted by Gasteiger charge is -2.13. The number of fused-ring (bicyclic) bond motifs is 5. The molecule has 4 aromatic carbocycles. The van der Waals surface area contributed by atoms with Gasteiger partial charge in [0.1, 0.15) is 0 Å². The van der Waals surface area contributed by atoms with Gasteiger partial charge in [-0.3, -0.25) is 0 Å². The fraction of sp³-hybridized carbons (Fsp3) is 0.182. The third-order valence-corrected chi connectivity index (χ3v) is 4.84. The van der Waals surface area contributed by atoms with Gasteiger partial charge in [0.15, 0.2) is 0 Å². The summed E-state index contributed by atoms with van der Waals surface area (Å²) in [4.78, 5) is 0. The monoisotopic (exact) mass is 316 g/mol. The van der Waals surface area contributed by atoms with Crippen LogP contribution in [0.2, 0.25) is 0 Å². The van der Waals surface area contributed by atoms with Gasteiger partial charge in [0, 0.05) is 13.2 Å². The van der Waals surface area contributed by atoms with Gasteiger partial charge in [-0.05, 0) is 56.3 Å². The molecule has 4 aromatic rings. The Morgan fingerprint density at radius 1 is 0.542 bits per heavy atom. The molecule has 0 atom stereocenters. The van der Waals surface area contributed by atoms with Crippen molar-refractivity contribution in [3.63, 3.8) is 0 Å². The van der Waals surface area contributed by atoms with Crippen LogP contribution in [0.5, 0.6) is 0 Å². The van der Waals surface area contributed by atoms with Crippen molar-refractivity contribution in [1.29, 1.82) is 0 Å². The molecule has 0 unspecified atom stereocenters. The van der Waals surface area contributed by atoms with Gasteiger partial charge >= 0.3 is 0 Å². The predicted octanol–water partition coefficient (Wildman–Crippen LogP) is 4.22. The third-order valence-electron chi connectivity index (χ3n) is 4.84. The Kier molecular flexibility index (Phi) is 3.93. The zero-order valence-corrected chi connectivity index (χ0v) is 13.5. The maximum absolute atomic E-state index is 9.39. The first kappa shape index (κ1) is 15.1. The molecule has 0 saturated heterocycles. The minimum Gasteiger partial charge on any atom is -0.396 e. The summed E-state index contributed by atoms with van der Waals surface area (Å²) in [5, 5.41) is 26.0. The molecule has 2 nitrogen and oxygen atoms in total. The summed E-state index contributed by atoms with van der Waals surface area (Å²) in [5.41, 5.74) is 2.37. The molecule has 4 rings (SSSR count). The minimum atomic E-state index is 0.156. The number of benzene rings is 4. The van der Waals surface area contributed by atoms with Crippen molar-refractivity contribution >= 4 is 32.3 Å². The standard InChI is InChI=1S/C22H20O2/c23-13-11-15-3-2-6-19-18(15)9-10-21-20(19)8-7-16-4-1-5-17(12-14-24)22(16)21/h1-10,23-24H,11-14H2. The fourth-order valence-electron chi connectivity index (χ4n) is 3.77. The molecule has 24 heavy (non-hydrogen) atoms. The summed E-state index contributed by atoms with van der Waals surface area (Å²) < 4.78 is 0. The van der Waals surface area contributed by atoms with E-state index >= 15 is 0 Å². The Labute approximate surface area is 141 Å². The molecule has 0 saturated carbocycles. The molecule has 2 heteroatoms. The molecule has 0 fully saturated rings. The lowest BCUT2D eigenvalue weighted by Crippen LogP contribution is -1.94. The van der Waals surface area contributed by atoms with E-state index in [2.05, 4.69) is 60.7 Å². The van der Waals surface area contributed by atoms with Crippen LogP contribution in [0.3, 0.4) is 0 Å². The Morgan fingerprint density at radius 2 is 1.17 bits per heavy atom. The smallest absolute Gasteiger partial charge is 0.0471 e. The van der Waals surface area contributed by atoms with Crippen LogP contribution >= 0.6 is 0 Å². The van der Waals surface area contributed by atoms with Crippen LogP contribution in [-0.4, -0.2) is 23.4 Å². The van der Waals surface area contributed by atoms with E-state index in [0.717, 1.165) is 0 Å². The van der Waals surface area contributed by atoms with E-state index in [9.17, 15) is 10.2 Å². The highest BCUT2D eigenvalue weighted by atomic mass is 16.3. The normalized spacial score (nSPS) is 11.6. The summed E-state index contributed by atoms with van der Waals surface area (Å²) in [6.45, 7) is 0.319. The highest BCUT2D eigenvalue weighted by Gasteiger charge is 2.09. The van der Waals surface area contributed by atoms with E-state index in [-0.39, 0.29) is 13.2 Å². The van der Waals surface area contributed by atoms with Crippen LogP contribution in [0.25, 0.3) is 32.3 Å². The first-order chi connectivity index (χ1) is 11.8. The summed E-state index contributed by atoms with van der Waals surface area (Å²) in [7, 11) is 0. The van der Waals surface area contributed by atoms with E-state index < -0.39 is 0 Å². The molecule has 0 aliphatic carbocycles. The second-order valence-corrected chi connectivity index (χ2v) is 6.20. The van der Waals surface area contributed by atoms with Crippen LogP contribution in [0.4, 0.5) is 0 Å². The maximum atomic E-state index is 9.39. The molecule has 120 valence electrons. The highest BCUT2D eigenvalue weighted by Crippen LogP contribution is 2.34. The van der Waals surface area contributed by atoms with Crippen molar-refractivity contribution in [1.82, 2.24) is 0 Å². The van der Waals surface area contributed by atoms with Gasteiger partial charge in [-0.25, -0.2) is 0 Å². The zero-order valence-electron chi connectivity index (χ0n) is 13.5. The third kappa shape index (κ3) is 2.35. The molecule has 2 N–H and O–H groups in total. The van der Waals surface area contributed by atoms with Gasteiger partial charge in [-0.15, -0.1) is 0 Å². The first-order valence-electron chi connectivity index (χ1n) is 8.40. The maximum Gasteiger partial charge on any atom is 0.0471 e. The molecular weight excluding hydrogens is 296 g/mol. The molecule has 0 spiro atoms. The highest BCUT2D eigenvalue weighted by molar-refractivity contribution is 6.18. The summed E-state index contributed by atoms with van der Waals surface area (Å²) in [5.74, 6) is 0. The topological polar surface area (TPSA) is 40.5 Å². The second kappa shape index (κ2) is 6.23. The Hall–Kier alpha value is -2.42. The van der Waals surface area contributed by atoms with Gasteiger partial charge in [0.05, 0.1) is 0 Å². The van der Waals surface area contributed by atoms with Crippen LogP contribution in [0, 0.1) is 0 Å². The predicted molar refractivity (Wildman–Crippen MR) is 101 cm³/mol. The van der Waals surface area contributed by atoms with Gasteiger partial charge in [0.2, 0.25) is 0 Å². The Bertz CT molecular complexity index is 1030. The van der Waals surface area contributed by atoms with Gasteiger partial charge in [-0.1, -0.05) is 60.7 Å². The van der Waals surface area contributed by atoms with E-state index in [4.69, 9.17) is 0 Å². The van der Waals surface area contributed by atoms with Gasteiger partial charge < -0.3 is 10.2 Å². The van der Waals surface area contributed by atoms with Gasteiger partial charge in [0.25, 0.3) is 0 Å². The van der Waals surface area contributed by atoms with Crippen molar-refractivity contribution in [2.75, 3.05) is 13.2 Å². The number of aliphatic hydroxyl groups is 2. The largest absolute Gasteiger partial charge is 0.396 e. The van der Waals surface area contributed by atoms with Crippen molar-refractivity contribution < 1.29 is 10.2 Å². The number of hydrogen-bond acceptors (Lipinski definition) is 2. The number of rotatable bonds is 4. The molecule has 0 bridgehead atoms. The summed E-state index contributed by atoms with van der Waals surface area (Å²) in [6, 6.07) is 21.3. The van der Waals surface area contributed by atoms with Crippen LogP contribution in [0.1, 0.15) is 11.1 Å². The second-order valence-electron chi connectivity index (χ2n) is 6.20. The quantitative estimate of drug-likeness (QED) is 0.554. The van der Waals surface area contributed by atoms with Crippen molar-refractivity contribution in [2.24, 2.45) is 0 Å². The van der Waals surface area contributed by atoms with E-state index in [1.165, 1.54) is 43.4 Å². The summed E-state index contributed by atoms with van der Waals surface area (Å²) >= 11 is 0. The lowest BCUT2D eigenvalue weighted by atomic mass is 9.92. The average Bonchev–Trinajstić information content (AvgIpc) is 2.62. The van der Waals surface area contributed by atoms with Gasteiger partial charge in [-0.2, -0.15) is 0 Å². The van der Waals surface area contributed by atoms with Crippen LogP contribution in [-0.2, 0) is 12.8 Å². The molecule has 0 amide bonds. The van der Waals surface area contributed by atoms with E-state index in [1.54, 1.807) is 0 Å². The zero-order chi connectivity index (χ0) is 16.5. The lowest BCUT2D eigenvalue weighted by molar-refractivity contribution is 0.299. The molecular formula is C22H20O2. The minimum absolute atomic E-state index is 0.156. The number of aliphatic hydroxyl groups excluding tert-OH is 2. The SMILES string of the molecule is OCCc1cccc2c1ccc1c2ccc2cccc(CCO)c21. The fourth-order valence-corrected chi connectivity index (χ4v) is 3.77. The molecule has 0 heterocycles. The van der Waals surface area contributed by atoms with Crippen LogP contribution < -0.4 is 0 Å². The van der Waals surface area contributed by atoms with Crippen LogP contribution in [0.15, 0.2) is 60.7 Å². The van der Waals surface area contributed by atoms with Crippen molar-refractivity contribution in [2.45, 2.75) is 12.8 Å². The Balaban J connectivity index is 2.11. The molecule has 0 aliphatic heterocycles.